The number of nitrogens with zero attached hydrogens (tertiary/aromatic N) is 4. The van der Waals surface area contributed by atoms with Crippen LogP contribution in [0.4, 0.5) is 17.3 Å². The number of amides is 1. The SMILES string of the molecule is Cc1cc(Nc2ncnc(NC(=O)C3CC3)c2C)c(=O)n2c1CNC21CCN(C)CC1. The maximum Gasteiger partial charge on any atom is 0.276 e. The zero-order valence-corrected chi connectivity index (χ0v) is 18.3. The first-order valence-electron chi connectivity index (χ1n) is 11.0. The zero-order chi connectivity index (χ0) is 21.8. The Bertz CT molecular complexity index is 1100. The summed E-state index contributed by atoms with van der Waals surface area (Å²) in [6.45, 7) is 6.49. The van der Waals surface area contributed by atoms with Gasteiger partial charge in [0.15, 0.2) is 0 Å². The van der Waals surface area contributed by atoms with E-state index < -0.39 is 0 Å². The molecule has 0 unspecified atom stereocenters. The summed E-state index contributed by atoms with van der Waals surface area (Å²) in [5.41, 5.74) is 2.95. The quantitative estimate of drug-likeness (QED) is 0.689. The lowest BCUT2D eigenvalue weighted by Crippen LogP contribution is -2.53. The second-order valence-electron chi connectivity index (χ2n) is 9.10. The zero-order valence-electron chi connectivity index (χ0n) is 18.3. The van der Waals surface area contributed by atoms with Crippen LogP contribution in [-0.4, -0.2) is 45.5 Å². The summed E-state index contributed by atoms with van der Waals surface area (Å²) in [5.74, 6) is 1.10. The standard InChI is InChI=1S/C22H29N7O2/c1-13-10-16(21(31)29-17(13)11-25-22(29)6-8-28(3)9-7-22)26-18-14(2)19(24-12-23-18)27-20(30)15-4-5-15/h10,12,15,25H,4-9,11H2,1-3H3,(H2,23,24,26,27,30). The van der Waals surface area contributed by atoms with Crippen molar-refractivity contribution in [1.29, 1.82) is 0 Å². The number of nitrogens with one attached hydrogen (secondary N) is 3. The number of carbonyl (C=O) groups is 1. The summed E-state index contributed by atoms with van der Waals surface area (Å²) >= 11 is 0. The summed E-state index contributed by atoms with van der Waals surface area (Å²) in [6, 6.07) is 1.90. The molecule has 2 fully saturated rings. The second-order valence-corrected chi connectivity index (χ2v) is 9.10. The average molecular weight is 424 g/mol. The number of aryl methyl sites for hydroxylation is 1. The van der Waals surface area contributed by atoms with Crippen LogP contribution >= 0.6 is 0 Å². The maximum atomic E-state index is 13.6. The fourth-order valence-corrected chi connectivity index (χ4v) is 4.65. The second kappa shape index (κ2) is 7.42. The highest BCUT2D eigenvalue weighted by Crippen LogP contribution is 2.34. The summed E-state index contributed by atoms with van der Waals surface area (Å²) < 4.78 is 1.96. The molecule has 2 aromatic rings. The van der Waals surface area contributed by atoms with E-state index in [0.29, 0.717) is 29.4 Å². The molecule has 2 aromatic heterocycles. The van der Waals surface area contributed by atoms with Gasteiger partial charge in [-0.1, -0.05) is 0 Å². The van der Waals surface area contributed by atoms with Gasteiger partial charge in [-0.2, -0.15) is 0 Å². The molecule has 9 nitrogen and oxygen atoms in total. The first-order chi connectivity index (χ1) is 14.9. The van der Waals surface area contributed by atoms with Crippen molar-refractivity contribution in [3.05, 3.63) is 39.6 Å². The topological polar surface area (TPSA) is 104 Å². The Morgan fingerprint density at radius 3 is 2.61 bits per heavy atom. The Morgan fingerprint density at radius 1 is 1.19 bits per heavy atom. The van der Waals surface area contributed by atoms with E-state index in [1.807, 2.05) is 24.5 Å². The van der Waals surface area contributed by atoms with Gasteiger partial charge in [0.2, 0.25) is 5.91 Å². The minimum absolute atomic E-state index is 0.00326. The highest BCUT2D eigenvalue weighted by Gasteiger charge is 2.42. The number of aromatic nitrogens is 3. The number of anilines is 3. The van der Waals surface area contributed by atoms with Crippen LogP contribution < -0.4 is 21.5 Å². The molecule has 31 heavy (non-hydrogen) atoms. The van der Waals surface area contributed by atoms with Crippen LogP contribution in [0, 0.1) is 19.8 Å². The lowest BCUT2D eigenvalue weighted by molar-refractivity contribution is -0.117. The smallest absolute Gasteiger partial charge is 0.276 e. The average Bonchev–Trinajstić information content (AvgIpc) is 3.53. The first-order valence-corrected chi connectivity index (χ1v) is 11.0. The van der Waals surface area contributed by atoms with Crippen molar-refractivity contribution in [2.24, 2.45) is 5.92 Å². The fourth-order valence-electron chi connectivity index (χ4n) is 4.65. The van der Waals surface area contributed by atoms with Gasteiger partial charge >= 0.3 is 0 Å². The van der Waals surface area contributed by atoms with Gasteiger partial charge in [0, 0.05) is 36.8 Å². The minimum atomic E-state index is -0.328. The Hall–Kier alpha value is -2.78. The van der Waals surface area contributed by atoms with Crippen molar-refractivity contribution in [1.82, 2.24) is 24.8 Å². The molecule has 5 rings (SSSR count). The molecule has 1 saturated carbocycles. The molecular formula is C22H29N7O2. The van der Waals surface area contributed by atoms with Crippen molar-refractivity contribution in [3.8, 4) is 0 Å². The van der Waals surface area contributed by atoms with E-state index in [-0.39, 0.29) is 23.0 Å². The van der Waals surface area contributed by atoms with Gasteiger partial charge in [-0.15, -0.1) is 0 Å². The molecule has 1 amide bonds. The molecular weight excluding hydrogens is 394 g/mol. The predicted octanol–water partition coefficient (Wildman–Crippen LogP) is 1.83. The molecule has 1 aliphatic carbocycles. The molecule has 3 aliphatic rings. The van der Waals surface area contributed by atoms with Crippen molar-refractivity contribution >= 4 is 23.2 Å². The van der Waals surface area contributed by atoms with Crippen LogP contribution in [0.5, 0.6) is 0 Å². The van der Waals surface area contributed by atoms with Crippen LogP contribution in [0.15, 0.2) is 17.2 Å². The molecule has 2 aliphatic heterocycles. The van der Waals surface area contributed by atoms with Crippen LogP contribution in [0.3, 0.4) is 0 Å². The number of hydrogen-bond acceptors (Lipinski definition) is 7. The summed E-state index contributed by atoms with van der Waals surface area (Å²) in [4.78, 5) is 36.6. The molecule has 0 radical (unpaired) electrons. The Labute approximate surface area is 181 Å². The van der Waals surface area contributed by atoms with Gasteiger partial charge in [0.1, 0.15) is 29.3 Å². The van der Waals surface area contributed by atoms with Crippen LogP contribution in [0.1, 0.15) is 42.5 Å². The lowest BCUT2D eigenvalue weighted by Gasteiger charge is -2.39. The summed E-state index contributed by atoms with van der Waals surface area (Å²) in [7, 11) is 2.12. The Balaban J connectivity index is 1.48. The largest absolute Gasteiger partial charge is 0.335 e. The van der Waals surface area contributed by atoms with Gasteiger partial charge in [-0.3, -0.25) is 19.5 Å². The summed E-state index contributed by atoms with van der Waals surface area (Å²) in [5, 5.41) is 9.74. The molecule has 0 atom stereocenters. The van der Waals surface area contributed by atoms with E-state index in [1.54, 1.807) is 0 Å². The highest BCUT2D eigenvalue weighted by molar-refractivity contribution is 5.94. The number of fused-ring (bicyclic) bond motifs is 2. The van der Waals surface area contributed by atoms with E-state index in [0.717, 1.165) is 50.0 Å². The highest BCUT2D eigenvalue weighted by atomic mass is 16.2. The van der Waals surface area contributed by atoms with Crippen molar-refractivity contribution in [2.45, 2.75) is 51.7 Å². The van der Waals surface area contributed by atoms with Gasteiger partial charge in [0.05, 0.1) is 0 Å². The van der Waals surface area contributed by atoms with Crippen molar-refractivity contribution in [3.63, 3.8) is 0 Å². The van der Waals surface area contributed by atoms with E-state index in [2.05, 4.69) is 37.9 Å². The predicted molar refractivity (Wildman–Crippen MR) is 118 cm³/mol. The van der Waals surface area contributed by atoms with Crippen LogP contribution in [-0.2, 0) is 17.0 Å². The lowest BCUT2D eigenvalue weighted by atomic mass is 9.97. The molecule has 1 spiro atoms. The molecule has 3 N–H and O–H groups in total. The van der Waals surface area contributed by atoms with Gasteiger partial charge < -0.3 is 15.5 Å². The minimum Gasteiger partial charge on any atom is -0.335 e. The molecule has 1 saturated heterocycles. The Morgan fingerprint density at radius 2 is 1.90 bits per heavy atom. The molecule has 0 bridgehead atoms. The van der Waals surface area contributed by atoms with E-state index in [9.17, 15) is 9.59 Å². The molecule has 4 heterocycles. The molecule has 0 aromatic carbocycles. The van der Waals surface area contributed by atoms with E-state index in [4.69, 9.17) is 0 Å². The number of pyridine rings is 1. The van der Waals surface area contributed by atoms with Gasteiger partial charge in [-0.25, -0.2) is 9.97 Å². The van der Waals surface area contributed by atoms with Gasteiger partial charge in [-0.05, 0) is 58.2 Å². The van der Waals surface area contributed by atoms with E-state index >= 15 is 0 Å². The molecule has 9 heteroatoms. The first kappa shape index (κ1) is 20.1. The number of rotatable bonds is 4. The summed E-state index contributed by atoms with van der Waals surface area (Å²) in [6.07, 6.45) is 5.05. The van der Waals surface area contributed by atoms with Crippen LogP contribution in [0.2, 0.25) is 0 Å². The molecule has 164 valence electrons. The van der Waals surface area contributed by atoms with E-state index in [1.165, 1.54) is 6.33 Å². The van der Waals surface area contributed by atoms with Crippen molar-refractivity contribution < 1.29 is 4.79 Å². The van der Waals surface area contributed by atoms with Gasteiger partial charge in [0.25, 0.3) is 5.56 Å². The monoisotopic (exact) mass is 423 g/mol. The number of piperidine rings is 1. The maximum absolute atomic E-state index is 13.6. The number of likely N-dealkylation sites (tertiary alicyclic amines) is 1. The third kappa shape index (κ3) is 3.51. The Kier molecular flexibility index (Phi) is 4.82. The third-order valence-electron chi connectivity index (χ3n) is 6.87. The number of hydrogen-bond donors (Lipinski definition) is 3. The normalized spacial score (nSPS) is 20.0. The van der Waals surface area contributed by atoms with Crippen molar-refractivity contribution in [2.75, 3.05) is 30.8 Å². The fraction of sp³-hybridized carbons (Fsp3) is 0.545. The number of carbonyl (C=O) groups excluding carboxylic acids is 1. The van der Waals surface area contributed by atoms with Crippen LogP contribution in [0.25, 0.3) is 0 Å². The third-order valence-corrected chi connectivity index (χ3v) is 6.87.